The van der Waals surface area contributed by atoms with Gasteiger partial charge < -0.3 is 18.9 Å². The van der Waals surface area contributed by atoms with E-state index in [-0.39, 0.29) is 24.5 Å². The number of hydrogen-bond donors (Lipinski definition) is 0. The number of rotatable bonds is 8. The lowest BCUT2D eigenvalue weighted by Gasteiger charge is -2.40. The maximum absolute atomic E-state index is 5.79. The normalized spacial score (nSPS) is 28.9. The van der Waals surface area contributed by atoms with Crippen molar-refractivity contribution in [2.24, 2.45) is 9.98 Å². The standard InChI is InChI=1S/C22H40N4O4/c1-15(2)25-13-19(27-5)23-17(21(25)29-7)11-9-10-12-18-22(30-8)26(16(3)4)14-20(24-18)28-6/h9-10,15-18,21-22H,11-14H2,1-8H3/b10-9-. The first-order valence-electron chi connectivity index (χ1n) is 10.8. The predicted molar refractivity (Wildman–Crippen MR) is 120 cm³/mol. The topological polar surface area (TPSA) is 68.1 Å². The summed E-state index contributed by atoms with van der Waals surface area (Å²) in [6, 6.07) is 0.672. The lowest BCUT2D eigenvalue weighted by atomic mass is 10.1. The SMILES string of the molecule is COC1=NC(C/C=C\CC2N=C(OC)CN(C(C)C)C2OC)C(OC)N(C(C)C)C1. The van der Waals surface area contributed by atoms with E-state index in [4.69, 9.17) is 28.9 Å². The molecule has 0 aromatic carbocycles. The molecule has 0 amide bonds. The van der Waals surface area contributed by atoms with Crippen LogP contribution in [0.4, 0.5) is 0 Å². The number of hydrogen-bond acceptors (Lipinski definition) is 8. The fraction of sp³-hybridized carbons (Fsp3) is 0.818. The molecule has 0 aromatic rings. The highest BCUT2D eigenvalue weighted by atomic mass is 16.5. The first kappa shape index (κ1) is 24.8. The van der Waals surface area contributed by atoms with Crippen molar-refractivity contribution in [2.45, 2.75) is 77.2 Å². The van der Waals surface area contributed by atoms with Gasteiger partial charge in [-0.3, -0.25) is 9.80 Å². The van der Waals surface area contributed by atoms with E-state index in [1.165, 1.54) is 0 Å². The van der Waals surface area contributed by atoms with Gasteiger partial charge in [-0.15, -0.1) is 0 Å². The molecule has 172 valence electrons. The van der Waals surface area contributed by atoms with Crippen LogP contribution in [0.1, 0.15) is 40.5 Å². The van der Waals surface area contributed by atoms with Crippen molar-refractivity contribution in [1.29, 1.82) is 0 Å². The molecule has 2 rings (SSSR count). The van der Waals surface area contributed by atoms with Crippen molar-refractivity contribution in [3.8, 4) is 0 Å². The second-order valence-corrected chi connectivity index (χ2v) is 8.32. The van der Waals surface area contributed by atoms with Crippen LogP contribution in [0.15, 0.2) is 22.1 Å². The van der Waals surface area contributed by atoms with Crippen LogP contribution < -0.4 is 0 Å². The summed E-state index contributed by atoms with van der Waals surface area (Å²) in [4.78, 5) is 14.1. The lowest BCUT2D eigenvalue weighted by molar-refractivity contribution is -0.0640. The van der Waals surface area contributed by atoms with Gasteiger partial charge in [-0.05, 0) is 40.5 Å². The van der Waals surface area contributed by atoms with Crippen molar-refractivity contribution >= 4 is 11.8 Å². The largest absolute Gasteiger partial charge is 0.483 e. The van der Waals surface area contributed by atoms with E-state index < -0.39 is 0 Å². The molecule has 4 unspecified atom stereocenters. The van der Waals surface area contributed by atoms with Gasteiger partial charge in [0.2, 0.25) is 0 Å². The van der Waals surface area contributed by atoms with Gasteiger partial charge in [0, 0.05) is 26.3 Å². The molecule has 2 aliphatic rings. The Labute approximate surface area is 181 Å². The van der Waals surface area contributed by atoms with Crippen LogP contribution in [0.2, 0.25) is 0 Å². The van der Waals surface area contributed by atoms with Gasteiger partial charge in [0.25, 0.3) is 0 Å². The minimum atomic E-state index is -0.0653. The van der Waals surface area contributed by atoms with Crippen LogP contribution in [0, 0.1) is 0 Å². The Kier molecular flexibility index (Phi) is 9.74. The van der Waals surface area contributed by atoms with Crippen molar-refractivity contribution < 1.29 is 18.9 Å². The van der Waals surface area contributed by atoms with Crippen LogP contribution in [0.25, 0.3) is 0 Å². The molecule has 0 N–H and O–H groups in total. The van der Waals surface area contributed by atoms with Crippen molar-refractivity contribution in [1.82, 2.24) is 9.80 Å². The maximum Gasteiger partial charge on any atom is 0.198 e. The molecular formula is C22H40N4O4. The second-order valence-electron chi connectivity index (χ2n) is 8.32. The zero-order valence-corrected chi connectivity index (χ0v) is 19.9. The highest BCUT2D eigenvalue weighted by Gasteiger charge is 2.35. The molecule has 2 aliphatic heterocycles. The third-order valence-electron chi connectivity index (χ3n) is 5.77. The molecule has 0 spiro atoms. The van der Waals surface area contributed by atoms with Gasteiger partial charge in [0.15, 0.2) is 11.8 Å². The molecule has 0 aromatic heterocycles. The molecule has 30 heavy (non-hydrogen) atoms. The monoisotopic (exact) mass is 424 g/mol. The van der Waals surface area contributed by atoms with Crippen LogP contribution >= 0.6 is 0 Å². The Morgan fingerprint density at radius 2 is 1.13 bits per heavy atom. The quantitative estimate of drug-likeness (QED) is 0.558. The average Bonchev–Trinajstić information content (AvgIpc) is 2.74. The number of aliphatic imine (C=N–C) groups is 2. The van der Waals surface area contributed by atoms with Gasteiger partial charge >= 0.3 is 0 Å². The summed E-state index contributed by atoms with van der Waals surface area (Å²) in [6.07, 6.45) is 5.75. The lowest BCUT2D eigenvalue weighted by Crippen LogP contribution is -2.53. The van der Waals surface area contributed by atoms with E-state index >= 15 is 0 Å². The predicted octanol–water partition coefficient (Wildman–Crippen LogP) is 2.54. The molecule has 0 saturated heterocycles. The minimum absolute atomic E-state index is 0.00729. The molecule has 2 heterocycles. The number of ether oxygens (including phenoxy) is 4. The summed E-state index contributed by atoms with van der Waals surface area (Å²) in [7, 11) is 6.85. The van der Waals surface area contributed by atoms with Crippen LogP contribution in [0.5, 0.6) is 0 Å². The zero-order chi connectivity index (χ0) is 22.3. The summed E-state index contributed by atoms with van der Waals surface area (Å²) >= 11 is 0. The summed E-state index contributed by atoms with van der Waals surface area (Å²) in [5.41, 5.74) is 0. The maximum atomic E-state index is 5.79. The molecule has 0 radical (unpaired) electrons. The molecule has 0 fully saturated rings. The van der Waals surface area contributed by atoms with Gasteiger partial charge in [-0.25, -0.2) is 9.98 Å². The van der Waals surface area contributed by atoms with Gasteiger partial charge in [-0.2, -0.15) is 0 Å². The van der Waals surface area contributed by atoms with E-state index in [0.717, 1.165) is 24.6 Å². The number of nitrogens with zero attached hydrogens (tertiary/aromatic N) is 4. The first-order chi connectivity index (χ1) is 14.4. The Hall–Kier alpha value is -1.48. The summed E-state index contributed by atoms with van der Waals surface area (Å²) in [5.74, 6) is 1.51. The van der Waals surface area contributed by atoms with Crippen molar-refractivity contribution in [3.05, 3.63) is 12.2 Å². The molecule has 4 atom stereocenters. The Bertz CT molecular complexity index is 568. The second kappa shape index (κ2) is 11.8. The van der Waals surface area contributed by atoms with Crippen LogP contribution in [0.3, 0.4) is 0 Å². The molecule has 8 nitrogen and oxygen atoms in total. The first-order valence-corrected chi connectivity index (χ1v) is 10.8. The van der Waals surface area contributed by atoms with E-state index in [2.05, 4.69) is 49.6 Å². The zero-order valence-electron chi connectivity index (χ0n) is 19.9. The molecule has 8 heteroatoms. The van der Waals surface area contributed by atoms with Gasteiger partial charge in [0.05, 0.1) is 39.4 Å². The summed E-state index contributed by atoms with van der Waals surface area (Å²) < 4.78 is 22.5. The highest BCUT2D eigenvalue weighted by molar-refractivity contribution is 5.79. The van der Waals surface area contributed by atoms with Crippen LogP contribution in [-0.4, -0.2) is 99.7 Å². The van der Waals surface area contributed by atoms with E-state index in [9.17, 15) is 0 Å². The van der Waals surface area contributed by atoms with E-state index in [1.807, 2.05) is 0 Å². The smallest absolute Gasteiger partial charge is 0.198 e. The Morgan fingerprint density at radius 1 is 0.767 bits per heavy atom. The fourth-order valence-corrected chi connectivity index (χ4v) is 4.10. The van der Waals surface area contributed by atoms with Gasteiger partial charge in [-0.1, -0.05) is 12.2 Å². The molecule has 0 bridgehead atoms. The van der Waals surface area contributed by atoms with E-state index in [1.54, 1.807) is 28.4 Å². The molecule has 0 aliphatic carbocycles. The Balaban J connectivity index is 2.07. The fourth-order valence-electron chi connectivity index (χ4n) is 4.10. The third-order valence-corrected chi connectivity index (χ3v) is 5.77. The van der Waals surface area contributed by atoms with Crippen molar-refractivity contribution in [3.63, 3.8) is 0 Å². The third kappa shape index (κ3) is 6.03. The van der Waals surface area contributed by atoms with Crippen LogP contribution in [-0.2, 0) is 18.9 Å². The van der Waals surface area contributed by atoms with E-state index in [0.29, 0.717) is 25.2 Å². The average molecular weight is 425 g/mol. The Morgan fingerprint density at radius 3 is 1.40 bits per heavy atom. The van der Waals surface area contributed by atoms with Gasteiger partial charge in [0.1, 0.15) is 12.5 Å². The minimum Gasteiger partial charge on any atom is -0.483 e. The van der Waals surface area contributed by atoms with Crippen molar-refractivity contribution in [2.75, 3.05) is 41.5 Å². The summed E-state index contributed by atoms with van der Waals surface area (Å²) in [6.45, 7) is 10.00. The number of methoxy groups -OCH3 is 4. The molecule has 0 saturated carbocycles. The highest BCUT2D eigenvalue weighted by Crippen LogP contribution is 2.23. The molecular weight excluding hydrogens is 384 g/mol. The summed E-state index contributed by atoms with van der Waals surface area (Å²) in [5, 5.41) is 0.